The van der Waals surface area contributed by atoms with Crippen molar-refractivity contribution in [3.05, 3.63) is 47.9 Å². The van der Waals surface area contributed by atoms with Crippen LogP contribution in [0.2, 0.25) is 0 Å². The van der Waals surface area contributed by atoms with E-state index < -0.39 is 0 Å². The van der Waals surface area contributed by atoms with Gasteiger partial charge >= 0.3 is 0 Å². The number of aryl methyl sites for hydroxylation is 1. The number of fused-ring (bicyclic) bond motifs is 2. The van der Waals surface area contributed by atoms with Crippen LogP contribution in [0.4, 0.5) is 0 Å². The molecule has 136 valence electrons. The lowest BCUT2D eigenvalue weighted by Gasteiger charge is -2.25. The number of H-pyrrole nitrogens is 2. The number of Topliss-reactive ketones (excluding diaryl/α,β-unsaturated/α-hetero) is 1. The third-order valence-corrected chi connectivity index (χ3v) is 5.31. The molecule has 3 aromatic heterocycles. The number of aromatic amines is 2. The van der Waals surface area contributed by atoms with Crippen molar-refractivity contribution >= 4 is 27.9 Å². The maximum Gasteiger partial charge on any atom is 0.178 e. The van der Waals surface area contributed by atoms with Crippen LogP contribution < -0.4 is 0 Å². The highest BCUT2D eigenvalue weighted by Gasteiger charge is 2.16. The Morgan fingerprint density at radius 1 is 1.11 bits per heavy atom. The quantitative estimate of drug-likeness (QED) is 0.586. The van der Waals surface area contributed by atoms with Crippen molar-refractivity contribution in [3.8, 4) is 11.3 Å². The molecule has 6 heteroatoms. The van der Waals surface area contributed by atoms with Gasteiger partial charge in [0, 0.05) is 60.8 Å². The number of pyridine rings is 1. The van der Waals surface area contributed by atoms with Crippen LogP contribution >= 0.6 is 0 Å². The minimum Gasteiger partial charge on any atom is -0.354 e. The van der Waals surface area contributed by atoms with Crippen molar-refractivity contribution in [3.63, 3.8) is 0 Å². The van der Waals surface area contributed by atoms with Gasteiger partial charge in [-0.1, -0.05) is 6.07 Å². The second kappa shape index (κ2) is 6.32. The van der Waals surface area contributed by atoms with Gasteiger partial charge in [-0.25, -0.2) is 9.97 Å². The van der Waals surface area contributed by atoms with Crippen LogP contribution in [0.5, 0.6) is 0 Å². The standard InChI is InChI=1S/C21H21N5O/c1-13-23-20-17(4-7-22-21(20)24-13)19-11-15-10-14(2-3-18(15)25-19)12-26-8-5-16(27)6-9-26/h2-4,7,10-11,25H,5-6,8-9,12H2,1H3,(H,22,23,24). The first-order valence-electron chi connectivity index (χ1n) is 9.33. The second-order valence-electron chi connectivity index (χ2n) is 7.30. The molecule has 0 spiro atoms. The number of hydrogen-bond acceptors (Lipinski definition) is 4. The molecule has 4 heterocycles. The molecule has 5 rings (SSSR count). The SMILES string of the molecule is Cc1nc2nccc(-c3cc4cc(CN5CCC(=O)CC5)ccc4[nH]3)c2[nH]1. The normalized spacial score (nSPS) is 15.8. The van der Waals surface area contributed by atoms with Crippen molar-refractivity contribution in [1.82, 2.24) is 24.8 Å². The van der Waals surface area contributed by atoms with Gasteiger partial charge < -0.3 is 9.97 Å². The number of piperidine rings is 1. The molecule has 27 heavy (non-hydrogen) atoms. The third kappa shape index (κ3) is 3.02. The van der Waals surface area contributed by atoms with Gasteiger partial charge in [0.2, 0.25) is 0 Å². The fourth-order valence-electron chi connectivity index (χ4n) is 3.90. The average Bonchev–Trinajstić information content (AvgIpc) is 3.25. The van der Waals surface area contributed by atoms with E-state index in [2.05, 4.69) is 49.1 Å². The average molecular weight is 359 g/mol. The number of likely N-dealkylation sites (tertiary alicyclic amines) is 1. The van der Waals surface area contributed by atoms with Crippen molar-refractivity contribution in [2.45, 2.75) is 26.3 Å². The van der Waals surface area contributed by atoms with Crippen LogP contribution in [0.1, 0.15) is 24.2 Å². The van der Waals surface area contributed by atoms with Gasteiger partial charge in [0.05, 0.1) is 5.52 Å². The summed E-state index contributed by atoms with van der Waals surface area (Å²) in [7, 11) is 0. The Morgan fingerprint density at radius 3 is 2.81 bits per heavy atom. The van der Waals surface area contributed by atoms with Crippen LogP contribution in [-0.2, 0) is 11.3 Å². The minimum absolute atomic E-state index is 0.384. The summed E-state index contributed by atoms with van der Waals surface area (Å²) in [4.78, 5) is 29.4. The summed E-state index contributed by atoms with van der Waals surface area (Å²) in [5.74, 6) is 1.25. The largest absolute Gasteiger partial charge is 0.354 e. The second-order valence-corrected chi connectivity index (χ2v) is 7.30. The fourth-order valence-corrected chi connectivity index (χ4v) is 3.90. The maximum atomic E-state index is 11.4. The molecule has 6 nitrogen and oxygen atoms in total. The van der Waals surface area contributed by atoms with Crippen LogP contribution in [0, 0.1) is 6.92 Å². The smallest absolute Gasteiger partial charge is 0.178 e. The van der Waals surface area contributed by atoms with E-state index in [9.17, 15) is 4.79 Å². The van der Waals surface area contributed by atoms with Crippen LogP contribution in [0.15, 0.2) is 36.5 Å². The number of nitrogens with zero attached hydrogens (tertiary/aromatic N) is 3. The first-order chi connectivity index (χ1) is 13.2. The molecule has 2 N–H and O–H groups in total. The predicted molar refractivity (Wildman–Crippen MR) is 105 cm³/mol. The van der Waals surface area contributed by atoms with Gasteiger partial charge in [-0.3, -0.25) is 9.69 Å². The molecule has 0 saturated carbocycles. The molecule has 0 aliphatic carbocycles. The molecule has 0 unspecified atom stereocenters. The first kappa shape index (κ1) is 16.2. The molecule has 1 aliphatic rings. The summed E-state index contributed by atoms with van der Waals surface area (Å²) in [6.07, 6.45) is 3.16. The summed E-state index contributed by atoms with van der Waals surface area (Å²) in [5, 5.41) is 1.19. The zero-order valence-corrected chi connectivity index (χ0v) is 15.2. The van der Waals surface area contributed by atoms with Crippen molar-refractivity contribution in [2.75, 3.05) is 13.1 Å². The number of hydrogen-bond donors (Lipinski definition) is 2. The molecule has 0 radical (unpaired) electrons. The van der Waals surface area contributed by atoms with Gasteiger partial charge in [0.1, 0.15) is 11.6 Å². The Balaban J connectivity index is 1.47. The molecule has 1 saturated heterocycles. The van der Waals surface area contributed by atoms with E-state index in [1.165, 1.54) is 10.9 Å². The summed E-state index contributed by atoms with van der Waals surface area (Å²) in [6.45, 7) is 4.56. The van der Waals surface area contributed by atoms with E-state index in [-0.39, 0.29) is 0 Å². The Bertz CT molecular complexity index is 1150. The number of carbonyl (C=O) groups excluding carboxylic acids is 1. The van der Waals surface area contributed by atoms with Gasteiger partial charge in [-0.05, 0) is 36.8 Å². The van der Waals surface area contributed by atoms with E-state index in [0.717, 1.165) is 53.4 Å². The van der Waals surface area contributed by atoms with Gasteiger partial charge in [-0.2, -0.15) is 0 Å². The lowest BCUT2D eigenvalue weighted by molar-refractivity contribution is -0.121. The zero-order chi connectivity index (χ0) is 18.4. The van der Waals surface area contributed by atoms with E-state index in [4.69, 9.17) is 0 Å². The molecule has 0 amide bonds. The maximum absolute atomic E-state index is 11.4. The summed E-state index contributed by atoms with van der Waals surface area (Å²) in [6, 6.07) is 10.7. The highest BCUT2D eigenvalue weighted by atomic mass is 16.1. The Kier molecular flexibility index (Phi) is 3.79. The Morgan fingerprint density at radius 2 is 1.96 bits per heavy atom. The Labute approximate surface area is 156 Å². The highest BCUT2D eigenvalue weighted by molar-refractivity contribution is 5.94. The monoisotopic (exact) mass is 359 g/mol. The van der Waals surface area contributed by atoms with Gasteiger partial charge in [-0.15, -0.1) is 0 Å². The predicted octanol–water partition coefficient (Wildman–Crippen LogP) is 3.58. The van der Waals surface area contributed by atoms with Crippen molar-refractivity contribution in [1.29, 1.82) is 0 Å². The molecular formula is C21H21N5O. The van der Waals surface area contributed by atoms with E-state index in [0.29, 0.717) is 18.6 Å². The molecule has 1 fully saturated rings. The first-order valence-corrected chi connectivity index (χ1v) is 9.33. The molecular weight excluding hydrogens is 338 g/mol. The highest BCUT2D eigenvalue weighted by Crippen LogP contribution is 2.29. The molecule has 1 aromatic carbocycles. The molecule has 0 bridgehead atoms. The topological polar surface area (TPSA) is 77.7 Å². The third-order valence-electron chi connectivity index (χ3n) is 5.31. The minimum atomic E-state index is 0.384. The fraction of sp³-hybridized carbons (Fsp3) is 0.286. The van der Waals surface area contributed by atoms with Crippen LogP contribution in [-0.4, -0.2) is 43.7 Å². The number of aromatic nitrogens is 4. The number of rotatable bonds is 3. The lowest BCUT2D eigenvalue weighted by Crippen LogP contribution is -2.33. The molecule has 4 aromatic rings. The molecule has 1 aliphatic heterocycles. The van der Waals surface area contributed by atoms with E-state index in [1.54, 1.807) is 6.20 Å². The number of carbonyl (C=O) groups is 1. The van der Waals surface area contributed by atoms with Gasteiger partial charge in [0.15, 0.2) is 5.65 Å². The summed E-state index contributed by atoms with van der Waals surface area (Å²) < 4.78 is 0. The lowest BCUT2D eigenvalue weighted by atomic mass is 10.1. The van der Waals surface area contributed by atoms with Crippen LogP contribution in [0.25, 0.3) is 33.3 Å². The number of nitrogens with one attached hydrogen (secondary N) is 2. The van der Waals surface area contributed by atoms with E-state index in [1.807, 2.05) is 13.0 Å². The molecule has 0 atom stereocenters. The summed E-state index contributed by atoms with van der Waals surface area (Å²) in [5.41, 5.74) is 6.22. The van der Waals surface area contributed by atoms with E-state index >= 15 is 0 Å². The van der Waals surface area contributed by atoms with Gasteiger partial charge in [0.25, 0.3) is 0 Å². The van der Waals surface area contributed by atoms with Crippen molar-refractivity contribution in [2.24, 2.45) is 0 Å². The number of ketones is 1. The number of imidazole rings is 1. The zero-order valence-electron chi connectivity index (χ0n) is 15.2. The number of benzene rings is 1. The van der Waals surface area contributed by atoms with Crippen LogP contribution in [0.3, 0.4) is 0 Å². The van der Waals surface area contributed by atoms with Crippen molar-refractivity contribution < 1.29 is 4.79 Å². The Hall–Kier alpha value is -2.99. The summed E-state index contributed by atoms with van der Waals surface area (Å²) >= 11 is 0.